The van der Waals surface area contributed by atoms with Crippen molar-refractivity contribution >= 4 is 254 Å². The maximum atomic E-state index is 4.41. The van der Waals surface area contributed by atoms with E-state index in [1.54, 1.807) is 15.1 Å². The topological polar surface area (TPSA) is 51.6 Å². The molecule has 0 saturated heterocycles. The van der Waals surface area contributed by atoms with Crippen molar-refractivity contribution in [3.05, 3.63) is 397 Å². The van der Waals surface area contributed by atoms with Gasteiger partial charge in [-0.25, -0.2) is 0 Å². The van der Waals surface area contributed by atoms with E-state index in [4.69, 9.17) is 0 Å². The molecular weight excluding hydrogens is 2140 g/mol. The number of halogens is 2. The first-order chi connectivity index (χ1) is 54.3. The van der Waals surface area contributed by atoms with Crippen molar-refractivity contribution < 1.29 is 20.4 Å². The summed E-state index contributed by atoms with van der Waals surface area (Å²) in [5, 5.41) is 25.2. The Balaban J connectivity index is 0.000000167. The molecule has 0 aliphatic carbocycles. The average molecular weight is 2240 g/mol. The second-order valence-electron chi connectivity index (χ2n) is 29.0. The minimum Gasteiger partial charge on any atom is -0.0622 e. The fourth-order valence-corrected chi connectivity index (χ4v) is 33.9. The van der Waals surface area contributed by atoms with Crippen LogP contribution in [-0.2, 0) is 20.4 Å². The standard InChI is InChI=1S/4C18H15P.C6H2Br2N2S.C6H2N2S.12CH3.Pd.4Sn/c4*1-4-10-16(11-5-1)19(17-12-6-2-7-13-17)18-14-8-3-9-15-18;7-3-1-2-4(8)6-5(3)9-10-11-6;1-2-4-6-5(3-1)7-8-9-6;;;;;;;;;;;;;;;;;/h4*1-15H;1-2H;1-2H;12*1H3;;;;;. The van der Waals surface area contributed by atoms with Crippen molar-refractivity contribution in [2.75, 3.05) is 0 Å². The Morgan fingerprint density at radius 3 is 0.584 bits per heavy atom. The summed E-state index contributed by atoms with van der Waals surface area (Å²) in [5.74, 6) is 0. The Hall–Kier alpha value is -4.74. The van der Waals surface area contributed by atoms with E-state index in [9.17, 15) is 0 Å². The summed E-state index contributed by atoms with van der Waals surface area (Å²) >= 11 is 4.62. The summed E-state index contributed by atoms with van der Waals surface area (Å²) in [4.78, 5) is 28.9. The van der Waals surface area contributed by atoms with Gasteiger partial charge >= 0.3 is 186 Å². The van der Waals surface area contributed by atoms with Gasteiger partial charge in [0, 0.05) is 29.4 Å². The maximum Gasteiger partial charge on any atom is 0 e. The van der Waals surface area contributed by atoms with Gasteiger partial charge in [0.25, 0.3) is 0 Å². The van der Waals surface area contributed by atoms with Crippen LogP contribution in [0.25, 0.3) is 20.4 Å². The first kappa shape index (κ1) is 93.8. The number of rotatable bonds is 14. The smallest absolute Gasteiger partial charge is 0 e. The van der Waals surface area contributed by atoms with Crippen LogP contribution in [0, 0.1) is 0 Å². The largest absolute Gasteiger partial charge is 0.0622 e. The van der Waals surface area contributed by atoms with Crippen molar-refractivity contribution in [1.82, 2.24) is 19.2 Å². The van der Waals surface area contributed by atoms with Gasteiger partial charge < -0.3 is 0 Å². The zero-order valence-corrected chi connectivity index (χ0v) is 87.8. The van der Waals surface area contributed by atoms with Gasteiger partial charge in [0.05, 0.1) is 4.70 Å². The predicted octanol–water partition coefficient (Wildman–Crippen LogP) is 22.5. The predicted molar refractivity (Wildman–Crippen MR) is 523 cm³/mol. The van der Waals surface area contributed by atoms with Crippen LogP contribution in [0.4, 0.5) is 0 Å². The van der Waals surface area contributed by atoms with E-state index in [1.165, 1.54) is 89.0 Å². The van der Waals surface area contributed by atoms with Gasteiger partial charge in [-0.1, -0.05) is 368 Å². The number of benzene rings is 14. The molecule has 2 aromatic heterocycles. The molecule has 0 unspecified atom stereocenters. The molecule has 17 heteroatoms. The Labute approximate surface area is 740 Å². The van der Waals surface area contributed by atoms with Crippen molar-refractivity contribution in [3.8, 4) is 0 Å². The maximum absolute atomic E-state index is 4.41. The fraction of sp³-hybridized carbons (Fsp3) is 0.125. The van der Waals surface area contributed by atoms with Crippen molar-refractivity contribution in [3.63, 3.8) is 0 Å². The summed E-state index contributed by atoms with van der Waals surface area (Å²) in [7, 11) is -1.78. The van der Waals surface area contributed by atoms with E-state index in [1.807, 2.05) is 12.1 Å². The zero-order chi connectivity index (χ0) is 79.5. The van der Waals surface area contributed by atoms with Crippen LogP contribution in [0.15, 0.2) is 397 Å². The van der Waals surface area contributed by atoms with Gasteiger partial charge in [-0.05, 0) is 151 Å². The van der Waals surface area contributed by atoms with Gasteiger partial charge in [-0.15, -0.1) is 5.10 Å². The molecule has 0 saturated carbocycles. The number of fused-ring (bicyclic) bond motifs is 2. The van der Waals surface area contributed by atoms with Crippen LogP contribution in [0.1, 0.15) is 0 Å². The van der Waals surface area contributed by atoms with Crippen LogP contribution in [0.2, 0.25) is 59.3 Å². The van der Waals surface area contributed by atoms with Crippen LogP contribution < -0.4 is 70.8 Å². The first-order valence-electron chi connectivity index (χ1n) is 37.4. The summed E-state index contributed by atoms with van der Waals surface area (Å²) < 4.78 is 15.7. The van der Waals surface area contributed by atoms with E-state index in [2.05, 4.69) is 486 Å². The van der Waals surface area contributed by atoms with Crippen LogP contribution in [0.5, 0.6) is 0 Å². The van der Waals surface area contributed by atoms with Crippen LogP contribution in [-0.4, -0.2) is 95.4 Å². The molecule has 0 bridgehead atoms. The summed E-state index contributed by atoms with van der Waals surface area (Å²) in [6, 6.07) is 138. The van der Waals surface area contributed by atoms with Crippen LogP contribution in [0.3, 0.4) is 0 Å². The molecule has 2 radical (unpaired) electrons. The summed E-state index contributed by atoms with van der Waals surface area (Å²) in [6.45, 7) is 0. The summed E-state index contributed by atoms with van der Waals surface area (Å²) in [5.41, 5.74) is 2.15. The Kier molecular flexibility index (Phi) is 41.7. The average Bonchev–Trinajstić information content (AvgIpc) is 1.69. The van der Waals surface area contributed by atoms with E-state index in [-0.39, 0.29) is 20.4 Å². The third-order valence-electron chi connectivity index (χ3n) is 16.5. The molecule has 0 spiro atoms. The summed E-state index contributed by atoms with van der Waals surface area (Å²) in [6.07, 6.45) is 0. The molecule has 14 aromatic carbocycles. The van der Waals surface area contributed by atoms with Crippen molar-refractivity contribution in [1.29, 1.82) is 0 Å². The SMILES string of the molecule is Brc1ccc(Br)c2snnc12.[CH3][Sn]([CH3])([CH3])[c]1cc[c]([Sn]([CH3])([CH3])[CH3])c2snnc12.[CH3][Sn]([CH3])[CH3].[CH3][Sn]([CH3])[CH3].[Pd].c1ccc(P(c2ccccc2)c2ccccc2)cc1.c1ccc(P(c2ccccc2)c2ccccc2)cc1.c1ccc(P(c2ccccc2)c2ccccc2)cc1.c1ccc(P(c2ccccc2)c2ccccc2)cc1. The van der Waals surface area contributed by atoms with Gasteiger partial charge in [-0.2, -0.15) is 0 Å². The van der Waals surface area contributed by atoms with E-state index >= 15 is 0 Å². The molecule has 0 aliphatic heterocycles. The minimum atomic E-state index is -2.06. The number of nitrogens with zero attached hydrogens (tertiary/aromatic N) is 4. The van der Waals surface area contributed by atoms with Gasteiger partial charge in [-0.3, -0.25) is 0 Å². The molecule has 0 aliphatic rings. The molecule has 16 aromatic rings. The van der Waals surface area contributed by atoms with Crippen molar-refractivity contribution in [2.45, 2.75) is 59.3 Å². The second kappa shape index (κ2) is 50.2. The quantitative estimate of drug-likeness (QED) is 0.0804. The Bertz CT molecular complexity index is 4310. The van der Waals surface area contributed by atoms with Gasteiger partial charge in [0.2, 0.25) is 0 Å². The molecule has 4 nitrogen and oxygen atoms in total. The first-order valence-corrected chi connectivity index (χ1v) is 83.0. The van der Waals surface area contributed by atoms with E-state index in [0.717, 1.165) is 19.2 Å². The minimum absolute atomic E-state index is 0. The molecule has 0 fully saturated rings. The van der Waals surface area contributed by atoms with Crippen LogP contribution >= 0.6 is 86.6 Å². The molecule has 0 amide bonds. The monoisotopic (exact) mass is 2240 g/mol. The van der Waals surface area contributed by atoms with Gasteiger partial charge in [0.1, 0.15) is 5.52 Å². The normalized spacial score (nSPS) is 10.8. The third-order valence-corrected chi connectivity index (χ3v) is 41.4. The molecule has 0 atom stereocenters. The molecular formula is C96H100Br2N4P4PdS2Sn4. The van der Waals surface area contributed by atoms with E-state index < -0.39 is 108 Å². The van der Waals surface area contributed by atoms with Gasteiger partial charge in [0.15, 0.2) is 0 Å². The zero-order valence-electron chi connectivity index (χ0n) is 66.4. The molecule has 0 N–H and O–H groups in total. The Morgan fingerprint density at radius 1 is 0.230 bits per heavy atom. The number of aromatic nitrogens is 4. The second-order valence-corrected chi connectivity index (χ2v) is 86.9. The fourth-order valence-electron chi connectivity index (χ4n) is 11.6. The molecule has 576 valence electrons. The number of hydrogen-bond donors (Lipinski definition) is 0. The number of hydrogen-bond acceptors (Lipinski definition) is 6. The van der Waals surface area contributed by atoms with E-state index in [0.29, 0.717) is 0 Å². The van der Waals surface area contributed by atoms with Crippen molar-refractivity contribution in [2.24, 2.45) is 0 Å². The molecule has 16 rings (SSSR count). The molecule has 113 heavy (non-hydrogen) atoms. The Morgan fingerprint density at radius 2 is 0.398 bits per heavy atom. The molecule has 2 heterocycles. The third kappa shape index (κ3) is 30.5.